The summed E-state index contributed by atoms with van der Waals surface area (Å²) in [5.74, 6) is 0. The normalized spacial score (nSPS) is 17.5. The Morgan fingerprint density at radius 3 is 2.00 bits per heavy atom. The van der Waals surface area contributed by atoms with E-state index >= 15 is 0 Å². The van der Waals surface area contributed by atoms with Crippen LogP contribution in [0.2, 0.25) is 0 Å². The minimum absolute atomic E-state index is 0.194. The minimum Gasteiger partial charge on any atom is -0.0943 e. The number of rotatable bonds is 10. The van der Waals surface area contributed by atoms with Crippen LogP contribution in [0.4, 0.5) is 0 Å². The third kappa shape index (κ3) is 3.85. The molecule has 1 aromatic rings. The van der Waals surface area contributed by atoms with Crippen molar-refractivity contribution in [3.05, 3.63) is 53.6 Å². The third-order valence-corrected chi connectivity index (χ3v) is 5.84. The molecule has 0 atom stereocenters. The molecule has 0 bridgehead atoms. The van der Waals surface area contributed by atoms with Gasteiger partial charge in [-0.05, 0) is 42.0 Å². The molecule has 0 saturated carbocycles. The van der Waals surface area contributed by atoms with Crippen molar-refractivity contribution in [3.8, 4) is 0 Å². The predicted molar refractivity (Wildman–Crippen MR) is 108 cm³/mol. The molecule has 0 nitrogen and oxygen atoms in total. The Balaban J connectivity index is 2.28. The van der Waals surface area contributed by atoms with Crippen LogP contribution in [0.5, 0.6) is 0 Å². The number of fused-ring (bicyclic) bond motifs is 1. The molecule has 0 N–H and O–H groups in total. The summed E-state index contributed by atoms with van der Waals surface area (Å²) in [5.41, 5.74) is 5.97. The third-order valence-electron chi connectivity index (χ3n) is 5.84. The van der Waals surface area contributed by atoms with E-state index in [4.69, 9.17) is 0 Å². The molecular formula is C24H36. The fourth-order valence-electron chi connectivity index (χ4n) is 4.45. The van der Waals surface area contributed by atoms with Crippen molar-refractivity contribution in [2.75, 3.05) is 0 Å². The first kappa shape index (κ1) is 19.0. The van der Waals surface area contributed by atoms with Crippen molar-refractivity contribution in [1.29, 1.82) is 0 Å². The quantitative estimate of drug-likeness (QED) is 0.384. The van der Waals surface area contributed by atoms with E-state index in [0.29, 0.717) is 0 Å². The van der Waals surface area contributed by atoms with Gasteiger partial charge in [0.05, 0.1) is 0 Å². The molecule has 132 valence electrons. The standard InChI is InChI=1S/C24H36/c1-5-8-10-14-18-24(19-15-11-9-6-2)20(4)21(7-3)22-16-12-13-17-23(22)24/h7,12-13,16-17H,4-6,8-11,14-15,18-19H2,1-3H3/b21-7+. The Kier molecular flexibility index (Phi) is 7.34. The van der Waals surface area contributed by atoms with E-state index in [-0.39, 0.29) is 5.41 Å². The van der Waals surface area contributed by atoms with Gasteiger partial charge in [0.1, 0.15) is 0 Å². The van der Waals surface area contributed by atoms with Gasteiger partial charge in [-0.1, -0.05) is 102 Å². The first-order chi connectivity index (χ1) is 11.7. The lowest BCUT2D eigenvalue weighted by Crippen LogP contribution is -2.25. The summed E-state index contributed by atoms with van der Waals surface area (Å²) in [6, 6.07) is 9.07. The van der Waals surface area contributed by atoms with E-state index in [1.165, 1.54) is 80.9 Å². The fraction of sp³-hybridized carbons (Fsp3) is 0.583. The zero-order valence-corrected chi connectivity index (χ0v) is 16.2. The van der Waals surface area contributed by atoms with E-state index < -0.39 is 0 Å². The zero-order chi connectivity index (χ0) is 17.4. The summed E-state index contributed by atoms with van der Waals surface area (Å²) in [6.45, 7) is 11.4. The van der Waals surface area contributed by atoms with Crippen molar-refractivity contribution in [2.45, 2.75) is 90.4 Å². The monoisotopic (exact) mass is 324 g/mol. The van der Waals surface area contributed by atoms with Crippen LogP contribution in [0.1, 0.15) is 96.1 Å². The Morgan fingerprint density at radius 2 is 1.46 bits per heavy atom. The lowest BCUT2D eigenvalue weighted by molar-refractivity contribution is 0.402. The van der Waals surface area contributed by atoms with Gasteiger partial charge in [0.25, 0.3) is 0 Å². The smallest absolute Gasteiger partial charge is 0.0209 e. The Morgan fingerprint density at radius 1 is 0.875 bits per heavy atom. The highest BCUT2D eigenvalue weighted by Gasteiger charge is 2.42. The molecule has 24 heavy (non-hydrogen) atoms. The number of allylic oxidation sites excluding steroid dienone is 3. The van der Waals surface area contributed by atoms with Crippen molar-refractivity contribution in [3.63, 3.8) is 0 Å². The molecule has 0 radical (unpaired) electrons. The van der Waals surface area contributed by atoms with Crippen LogP contribution in [-0.2, 0) is 5.41 Å². The molecule has 0 aromatic heterocycles. The van der Waals surface area contributed by atoms with Crippen LogP contribution in [0.25, 0.3) is 5.57 Å². The topological polar surface area (TPSA) is 0 Å². The van der Waals surface area contributed by atoms with Gasteiger partial charge in [-0.3, -0.25) is 0 Å². The van der Waals surface area contributed by atoms with Gasteiger partial charge in [0, 0.05) is 5.41 Å². The van der Waals surface area contributed by atoms with Gasteiger partial charge < -0.3 is 0 Å². The first-order valence-electron chi connectivity index (χ1n) is 10.2. The van der Waals surface area contributed by atoms with Gasteiger partial charge in [0.2, 0.25) is 0 Å². The molecule has 2 rings (SSSR count). The molecule has 1 aliphatic rings. The number of unbranched alkanes of at least 4 members (excludes halogenated alkanes) is 6. The lowest BCUT2D eigenvalue weighted by Gasteiger charge is -2.32. The molecule has 0 fully saturated rings. The Bertz CT molecular complexity index is 549. The fourth-order valence-corrected chi connectivity index (χ4v) is 4.45. The number of hydrogen-bond donors (Lipinski definition) is 0. The number of hydrogen-bond acceptors (Lipinski definition) is 0. The second kappa shape index (κ2) is 9.25. The highest BCUT2D eigenvalue weighted by atomic mass is 14.5. The largest absolute Gasteiger partial charge is 0.0943 e. The van der Waals surface area contributed by atoms with E-state index in [2.05, 4.69) is 57.7 Å². The van der Waals surface area contributed by atoms with Gasteiger partial charge in [0.15, 0.2) is 0 Å². The molecule has 0 amide bonds. The summed E-state index contributed by atoms with van der Waals surface area (Å²) in [6.07, 6.45) is 15.5. The summed E-state index contributed by atoms with van der Waals surface area (Å²) in [7, 11) is 0. The van der Waals surface area contributed by atoms with Gasteiger partial charge in [-0.25, -0.2) is 0 Å². The summed E-state index contributed by atoms with van der Waals surface area (Å²) >= 11 is 0. The van der Waals surface area contributed by atoms with Crippen LogP contribution in [0.3, 0.4) is 0 Å². The minimum atomic E-state index is 0.194. The van der Waals surface area contributed by atoms with Crippen molar-refractivity contribution < 1.29 is 0 Å². The molecule has 1 aromatic carbocycles. The van der Waals surface area contributed by atoms with Crippen molar-refractivity contribution in [2.24, 2.45) is 0 Å². The highest BCUT2D eigenvalue weighted by Crippen LogP contribution is 2.54. The maximum Gasteiger partial charge on any atom is 0.0209 e. The molecule has 0 aliphatic heterocycles. The molecule has 0 heteroatoms. The van der Waals surface area contributed by atoms with Gasteiger partial charge in [-0.15, -0.1) is 0 Å². The SMILES string of the molecule is C=C1/C(=C\C)c2ccccc2C1(CCCCCC)CCCCCC. The summed E-state index contributed by atoms with van der Waals surface area (Å²) < 4.78 is 0. The van der Waals surface area contributed by atoms with Crippen molar-refractivity contribution in [1.82, 2.24) is 0 Å². The summed E-state index contributed by atoms with van der Waals surface area (Å²) in [4.78, 5) is 0. The first-order valence-corrected chi connectivity index (χ1v) is 10.2. The van der Waals surface area contributed by atoms with E-state index in [9.17, 15) is 0 Å². The Hall–Kier alpha value is -1.30. The number of benzene rings is 1. The van der Waals surface area contributed by atoms with E-state index in [1.807, 2.05) is 0 Å². The lowest BCUT2D eigenvalue weighted by atomic mass is 9.71. The highest BCUT2D eigenvalue weighted by molar-refractivity contribution is 5.89. The molecule has 0 spiro atoms. The van der Waals surface area contributed by atoms with Gasteiger partial charge in [-0.2, -0.15) is 0 Å². The zero-order valence-electron chi connectivity index (χ0n) is 16.2. The maximum atomic E-state index is 4.60. The van der Waals surface area contributed by atoms with Crippen LogP contribution in [-0.4, -0.2) is 0 Å². The van der Waals surface area contributed by atoms with Gasteiger partial charge >= 0.3 is 0 Å². The van der Waals surface area contributed by atoms with Crippen LogP contribution < -0.4 is 0 Å². The average Bonchev–Trinajstić information content (AvgIpc) is 2.84. The van der Waals surface area contributed by atoms with E-state index in [1.54, 1.807) is 5.56 Å². The van der Waals surface area contributed by atoms with Crippen LogP contribution >= 0.6 is 0 Å². The summed E-state index contributed by atoms with van der Waals surface area (Å²) in [5, 5.41) is 0. The molecule has 0 saturated heterocycles. The molecule has 0 heterocycles. The molecular weight excluding hydrogens is 288 g/mol. The molecule has 0 unspecified atom stereocenters. The van der Waals surface area contributed by atoms with Crippen LogP contribution in [0.15, 0.2) is 42.5 Å². The molecule has 1 aliphatic carbocycles. The maximum absolute atomic E-state index is 4.60. The predicted octanol–water partition coefficient (Wildman–Crippen LogP) is 7.84. The van der Waals surface area contributed by atoms with E-state index in [0.717, 1.165) is 0 Å². The average molecular weight is 325 g/mol. The van der Waals surface area contributed by atoms with Crippen LogP contribution in [0, 0.1) is 0 Å². The second-order valence-electron chi connectivity index (χ2n) is 7.43. The van der Waals surface area contributed by atoms with Crippen molar-refractivity contribution >= 4 is 5.57 Å². The second-order valence-corrected chi connectivity index (χ2v) is 7.43. The Labute approximate surface area is 150 Å².